The number of rotatable bonds is 4. The lowest BCUT2D eigenvalue weighted by atomic mass is 9.66. The van der Waals surface area contributed by atoms with E-state index in [-0.39, 0.29) is 11.5 Å². The van der Waals surface area contributed by atoms with Crippen LogP contribution >= 0.6 is 0 Å². The van der Waals surface area contributed by atoms with Gasteiger partial charge in [0.1, 0.15) is 12.1 Å². The summed E-state index contributed by atoms with van der Waals surface area (Å²) in [5.74, 6) is 3.56. The van der Waals surface area contributed by atoms with Crippen molar-refractivity contribution in [3.63, 3.8) is 0 Å². The Morgan fingerprint density at radius 1 is 1.24 bits per heavy atom. The average molecular weight is 342 g/mol. The number of nitrogens with one attached hydrogen (secondary N) is 2. The highest BCUT2D eigenvalue weighted by atomic mass is 16.3. The minimum absolute atomic E-state index is 0.167. The topological polar surface area (TPSA) is 70.1 Å². The lowest BCUT2D eigenvalue weighted by Crippen LogP contribution is -2.42. The van der Waals surface area contributed by atoms with Gasteiger partial charge in [-0.3, -0.25) is 0 Å². The molecule has 3 saturated carbocycles. The summed E-state index contributed by atoms with van der Waals surface area (Å²) in [5, 5.41) is 18.0. The predicted molar refractivity (Wildman–Crippen MR) is 97.2 cm³/mol. The molecule has 25 heavy (non-hydrogen) atoms. The average Bonchev–Trinajstić information content (AvgIpc) is 2.81. The molecule has 1 aromatic rings. The molecule has 3 bridgehead atoms. The first-order valence-electron chi connectivity index (χ1n) is 10.2. The maximum absolute atomic E-state index is 11.2. The number of fused-ring (bicyclic) bond motifs is 3. The molecule has 1 aromatic heterocycles. The van der Waals surface area contributed by atoms with E-state index >= 15 is 0 Å². The molecule has 136 valence electrons. The molecule has 0 spiro atoms. The molecule has 5 atom stereocenters. The molecule has 5 nitrogen and oxygen atoms in total. The summed E-state index contributed by atoms with van der Waals surface area (Å²) in [5.41, 5.74) is 2.50. The van der Waals surface area contributed by atoms with E-state index in [1.807, 2.05) is 0 Å². The van der Waals surface area contributed by atoms with Gasteiger partial charge in [0.25, 0.3) is 0 Å². The van der Waals surface area contributed by atoms with Crippen LogP contribution in [-0.4, -0.2) is 34.3 Å². The van der Waals surface area contributed by atoms with Crippen LogP contribution in [0.5, 0.6) is 0 Å². The Bertz CT molecular complexity index is 647. The number of aromatic nitrogens is 2. The molecule has 0 aromatic carbocycles. The van der Waals surface area contributed by atoms with Crippen LogP contribution in [0.3, 0.4) is 0 Å². The second-order valence-corrected chi connectivity index (χ2v) is 9.00. The molecular formula is C20H30N4O. The maximum Gasteiger partial charge on any atom is 0.133 e. The molecular weight excluding hydrogens is 312 g/mol. The Kier molecular flexibility index (Phi) is 3.97. The van der Waals surface area contributed by atoms with Crippen LogP contribution in [0.15, 0.2) is 6.33 Å². The molecule has 3 fully saturated rings. The van der Waals surface area contributed by atoms with Crippen LogP contribution in [-0.2, 0) is 13.0 Å². The minimum Gasteiger partial charge on any atom is -0.391 e. The monoisotopic (exact) mass is 342 g/mol. The largest absolute Gasteiger partial charge is 0.391 e. The zero-order chi connectivity index (χ0) is 16.9. The summed E-state index contributed by atoms with van der Waals surface area (Å²) in [4.78, 5) is 8.86. The number of hydrogen-bond acceptors (Lipinski definition) is 5. The quantitative estimate of drug-likeness (QED) is 0.784. The number of aliphatic hydroxyl groups is 1. The van der Waals surface area contributed by atoms with Crippen LogP contribution < -0.4 is 10.6 Å². The fourth-order valence-corrected chi connectivity index (χ4v) is 6.47. The van der Waals surface area contributed by atoms with Crippen LogP contribution in [0.25, 0.3) is 0 Å². The predicted octanol–water partition coefficient (Wildman–Crippen LogP) is 2.50. The first kappa shape index (κ1) is 16.0. The molecule has 2 heterocycles. The number of anilines is 1. The smallest absolute Gasteiger partial charge is 0.133 e. The van der Waals surface area contributed by atoms with Gasteiger partial charge in [0.2, 0.25) is 0 Å². The standard InChI is InChI=1S/C20H30N4O/c25-18(11-22-19-16-4-5-21-10-17(16)23-12-24-19)20-7-13-2-1-3-14(8-20)15(6-13)9-20/h12-15,18,21,25H,1-11H2,(H,22,23,24). The molecule has 3 aliphatic carbocycles. The molecule has 5 heteroatoms. The van der Waals surface area contributed by atoms with Crippen molar-refractivity contribution in [3.8, 4) is 0 Å². The van der Waals surface area contributed by atoms with Crippen LogP contribution in [0, 0.1) is 23.2 Å². The van der Waals surface area contributed by atoms with Gasteiger partial charge in [-0.05, 0) is 61.8 Å². The van der Waals surface area contributed by atoms with Crippen molar-refractivity contribution in [2.75, 3.05) is 18.4 Å². The minimum atomic E-state index is -0.256. The molecule has 1 aliphatic heterocycles. The molecule has 0 amide bonds. The van der Waals surface area contributed by atoms with Crippen molar-refractivity contribution in [2.45, 2.75) is 64.0 Å². The third-order valence-electron chi connectivity index (χ3n) is 7.57. The highest BCUT2D eigenvalue weighted by molar-refractivity contribution is 5.47. The Balaban J connectivity index is 1.31. The molecule has 4 aliphatic rings. The first-order valence-corrected chi connectivity index (χ1v) is 10.2. The van der Waals surface area contributed by atoms with Crippen molar-refractivity contribution >= 4 is 5.82 Å². The summed E-state index contributed by atoms with van der Waals surface area (Å²) in [7, 11) is 0. The highest BCUT2D eigenvalue weighted by Gasteiger charge is 2.54. The SMILES string of the molecule is OC(CNc1ncnc2c1CCNC2)C12CC3CCCC(C1)C(C3)C2. The second kappa shape index (κ2) is 6.20. The Labute approximate surface area is 150 Å². The highest BCUT2D eigenvalue weighted by Crippen LogP contribution is 2.61. The summed E-state index contributed by atoms with van der Waals surface area (Å²) < 4.78 is 0. The lowest BCUT2D eigenvalue weighted by molar-refractivity contribution is -0.00311. The van der Waals surface area contributed by atoms with E-state index in [4.69, 9.17) is 0 Å². The van der Waals surface area contributed by atoms with E-state index in [0.717, 1.165) is 48.8 Å². The number of hydrogen-bond donors (Lipinski definition) is 3. The third-order valence-corrected chi connectivity index (χ3v) is 7.57. The zero-order valence-corrected chi connectivity index (χ0v) is 15.0. The van der Waals surface area contributed by atoms with Crippen LogP contribution in [0.1, 0.15) is 56.2 Å². The zero-order valence-electron chi connectivity index (χ0n) is 15.0. The fourth-order valence-electron chi connectivity index (χ4n) is 6.47. The van der Waals surface area contributed by atoms with Crippen molar-refractivity contribution in [1.29, 1.82) is 0 Å². The summed E-state index contributed by atoms with van der Waals surface area (Å²) >= 11 is 0. The molecule has 3 N–H and O–H groups in total. The van der Waals surface area contributed by atoms with Gasteiger partial charge < -0.3 is 15.7 Å². The Morgan fingerprint density at radius 2 is 2.16 bits per heavy atom. The molecule has 0 saturated heterocycles. The van der Waals surface area contributed by atoms with Crippen molar-refractivity contribution in [2.24, 2.45) is 23.2 Å². The van der Waals surface area contributed by atoms with Crippen molar-refractivity contribution in [1.82, 2.24) is 15.3 Å². The lowest BCUT2D eigenvalue weighted by Gasteiger charge is -2.41. The molecule has 0 radical (unpaired) electrons. The Morgan fingerprint density at radius 3 is 3.12 bits per heavy atom. The first-order chi connectivity index (χ1) is 12.2. The van der Waals surface area contributed by atoms with Crippen molar-refractivity contribution < 1.29 is 5.11 Å². The van der Waals surface area contributed by atoms with E-state index in [1.165, 1.54) is 50.5 Å². The van der Waals surface area contributed by atoms with Gasteiger partial charge >= 0.3 is 0 Å². The van der Waals surface area contributed by atoms with Gasteiger partial charge in [-0.1, -0.05) is 19.3 Å². The van der Waals surface area contributed by atoms with Gasteiger partial charge in [0, 0.05) is 18.7 Å². The van der Waals surface area contributed by atoms with Gasteiger partial charge in [-0.25, -0.2) is 9.97 Å². The summed E-state index contributed by atoms with van der Waals surface area (Å²) in [6.45, 7) is 2.43. The number of nitrogens with zero attached hydrogens (tertiary/aromatic N) is 2. The van der Waals surface area contributed by atoms with E-state index in [2.05, 4.69) is 20.6 Å². The van der Waals surface area contributed by atoms with Crippen LogP contribution in [0.4, 0.5) is 5.82 Å². The number of aliphatic hydroxyl groups excluding tert-OH is 1. The van der Waals surface area contributed by atoms with Crippen molar-refractivity contribution in [3.05, 3.63) is 17.6 Å². The van der Waals surface area contributed by atoms with Crippen LogP contribution in [0.2, 0.25) is 0 Å². The van der Waals surface area contributed by atoms with E-state index in [1.54, 1.807) is 6.33 Å². The summed E-state index contributed by atoms with van der Waals surface area (Å²) in [6, 6.07) is 0. The summed E-state index contributed by atoms with van der Waals surface area (Å²) in [6.07, 6.45) is 11.7. The molecule has 5 rings (SSSR count). The second-order valence-electron chi connectivity index (χ2n) is 9.00. The van der Waals surface area contributed by atoms with E-state index in [9.17, 15) is 5.11 Å². The maximum atomic E-state index is 11.2. The van der Waals surface area contributed by atoms with Gasteiger partial charge in [-0.2, -0.15) is 0 Å². The fraction of sp³-hybridized carbons (Fsp3) is 0.800. The molecule has 5 unspecified atom stereocenters. The van der Waals surface area contributed by atoms with E-state index < -0.39 is 0 Å². The van der Waals surface area contributed by atoms with Gasteiger partial charge in [-0.15, -0.1) is 0 Å². The normalized spacial score (nSPS) is 37.4. The van der Waals surface area contributed by atoms with E-state index in [0.29, 0.717) is 6.54 Å². The van der Waals surface area contributed by atoms with Gasteiger partial charge in [0.05, 0.1) is 11.8 Å². The van der Waals surface area contributed by atoms with Gasteiger partial charge in [0.15, 0.2) is 0 Å². The third kappa shape index (κ3) is 2.76. The Hall–Kier alpha value is -1.20.